The highest BCUT2D eigenvalue weighted by Gasteiger charge is 2.28. The van der Waals surface area contributed by atoms with Crippen LogP contribution >= 0.6 is 0 Å². The Labute approximate surface area is 156 Å². The Hall–Kier alpha value is -1.44. The van der Waals surface area contributed by atoms with Gasteiger partial charge < -0.3 is 10.6 Å². The Balaban J connectivity index is 1.81. The summed E-state index contributed by atoms with van der Waals surface area (Å²) >= 11 is 0. The van der Waals surface area contributed by atoms with Crippen LogP contribution in [0, 0.1) is 6.92 Å². The van der Waals surface area contributed by atoms with Crippen LogP contribution in [0.25, 0.3) is 0 Å². The number of carbonyl (C=O) groups excluding carboxylic acids is 1. The Morgan fingerprint density at radius 3 is 2.62 bits per heavy atom. The van der Waals surface area contributed by atoms with Crippen LogP contribution in [0.3, 0.4) is 0 Å². The highest BCUT2D eigenvalue weighted by atomic mass is 32.2. The van der Waals surface area contributed by atoms with Crippen molar-refractivity contribution >= 4 is 15.9 Å². The summed E-state index contributed by atoms with van der Waals surface area (Å²) in [4.78, 5) is 13.0. The highest BCUT2D eigenvalue weighted by molar-refractivity contribution is 7.89. The minimum Gasteiger partial charge on any atom is -0.348 e. The number of aryl methyl sites for hydroxylation is 1. The number of hydrogen-bond acceptors (Lipinski definition) is 4. The van der Waals surface area contributed by atoms with Gasteiger partial charge >= 0.3 is 0 Å². The normalized spacial score (nSPS) is 25.0. The standard InChI is InChI=1S/C19H29N3O3S/c1-14-8-9-16(26(24,25)22-11-4-3-5-12-22)13-17(14)19(23)21-18-7-6-10-20-15(18)2/h8-9,13,15,18,20H,3-7,10-12H2,1-2H3,(H,21,23). The molecule has 2 aliphatic rings. The number of sulfonamides is 1. The lowest BCUT2D eigenvalue weighted by atomic mass is 9.99. The molecule has 0 saturated carbocycles. The van der Waals surface area contributed by atoms with Crippen molar-refractivity contribution in [3.8, 4) is 0 Å². The molecule has 3 rings (SSSR count). The first-order valence-corrected chi connectivity index (χ1v) is 11.0. The fourth-order valence-electron chi connectivity index (χ4n) is 3.75. The second-order valence-corrected chi connectivity index (χ2v) is 9.34. The van der Waals surface area contributed by atoms with E-state index >= 15 is 0 Å². The molecule has 7 heteroatoms. The van der Waals surface area contributed by atoms with Gasteiger partial charge in [0, 0.05) is 30.7 Å². The molecule has 2 N–H and O–H groups in total. The first-order chi connectivity index (χ1) is 12.4. The molecule has 2 saturated heterocycles. The molecule has 2 atom stereocenters. The van der Waals surface area contributed by atoms with Gasteiger partial charge in [0.15, 0.2) is 0 Å². The number of nitrogens with one attached hydrogen (secondary N) is 2. The molecule has 26 heavy (non-hydrogen) atoms. The van der Waals surface area contributed by atoms with Crippen LogP contribution in [0.5, 0.6) is 0 Å². The topological polar surface area (TPSA) is 78.5 Å². The predicted octanol–water partition coefficient (Wildman–Crippen LogP) is 2.04. The third kappa shape index (κ3) is 4.10. The van der Waals surface area contributed by atoms with E-state index in [1.165, 1.54) is 10.4 Å². The zero-order valence-corrected chi connectivity index (χ0v) is 16.4. The SMILES string of the molecule is Cc1ccc(S(=O)(=O)N2CCCCC2)cc1C(=O)NC1CCCNC1C. The molecule has 0 aliphatic carbocycles. The highest BCUT2D eigenvalue weighted by Crippen LogP contribution is 2.23. The maximum atomic E-state index is 12.9. The van der Waals surface area contributed by atoms with Crippen molar-refractivity contribution in [3.63, 3.8) is 0 Å². The number of rotatable bonds is 4. The van der Waals surface area contributed by atoms with Crippen molar-refractivity contribution < 1.29 is 13.2 Å². The number of hydrogen-bond donors (Lipinski definition) is 2. The molecule has 2 heterocycles. The lowest BCUT2D eigenvalue weighted by Gasteiger charge is -2.31. The Morgan fingerprint density at radius 1 is 1.19 bits per heavy atom. The molecule has 1 aromatic rings. The van der Waals surface area contributed by atoms with E-state index in [4.69, 9.17) is 0 Å². The fourth-order valence-corrected chi connectivity index (χ4v) is 5.29. The Bertz CT molecular complexity index is 757. The van der Waals surface area contributed by atoms with Crippen molar-refractivity contribution in [3.05, 3.63) is 29.3 Å². The van der Waals surface area contributed by atoms with Crippen LogP contribution in [-0.4, -0.2) is 50.3 Å². The second-order valence-electron chi connectivity index (χ2n) is 7.41. The lowest BCUT2D eigenvalue weighted by molar-refractivity contribution is 0.0919. The van der Waals surface area contributed by atoms with Crippen molar-refractivity contribution in [2.45, 2.75) is 62.9 Å². The van der Waals surface area contributed by atoms with E-state index in [2.05, 4.69) is 17.6 Å². The molecule has 1 aromatic carbocycles. The van der Waals surface area contributed by atoms with Crippen LogP contribution in [0.4, 0.5) is 0 Å². The van der Waals surface area contributed by atoms with Gasteiger partial charge in [0.05, 0.1) is 4.90 Å². The zero-order valence-electron chi connectivity index (χ0n) is 15.6. The first kappa shape index (κ1) is 19.3. The average molecular weight is 380 g/mol. The summed E-state index contributed by atoms with van der Waals surface area (Å²) < 4.78 is 27.3. The predicted molar refractivity (Wildman–Crippen MR) is 102 cm³/mol. The van der Waals surface area contributed by atoms with Crippen molar-refractivity contribution in [1.29, 1.82) is 0 Å². The van der Waals surface area contributed by atoms with Crippen molar-refractivity contribution in [2.75, 3.05) is 19.6 Å². The molecule has 0 aromatic heterocycles. The second kappa shape index (κ2) is 8.06. The van der Waals surface area contributed by atoms with Crippen LogP contribution in [-0.2, 0) is 10.0 Å². The van der Waals surface area contributed by atoms with E-state index in [9.17, 15) is 13.2 Å². The fraction of sp³-hybridized carbons (Fsp3) is 0.632. The van der Waals surface area contributed by atoms with Gasteiger partial charge in [0.25, 0.3) is 5.91 Å². The van der Waals surface area contributed by atoms with E-state index in [-0.39, 0.29) is 22.9 Å². The summed E-state index contributed by atoms with van der Waals surface area (Å²) in [6, 6.07) is 5.16. The third-order valence-electron chi connectivity index (χ3n) is 5.48. The molecule has 2 fully saturated rings. The van der Waals surface area contributed by atoms with Crippen molar-refractivity contribution in [2.24, 2.45) is 0 Å². The quantitative estimate of drug-likeness (QED) is 0.839. The van der Waals surface area contributed by atoms with E-state index in [0.29, 0.717) is 18.7 Å². The Morgan fingerprint density at radius 2 is 1.92 bits per heavy atom. The van der Waals surface area contributed by atoms with E-state index in [1.807, 2.05) is 6.92 Å². The molecular weight excluding hydrogens is 350 g/mol. The summed E-state index contributed by atoms with van der Waals surface area (Å²) in [6.07, 6.45) is 4.82. The smallest absolute Gasteiger partial charge is 0.251 e. The molecule has 0 radical (unpaired) electrons. The third-order valence-corrected chi connectivity index (χ3v) is 7.38. The number of benzene rings is 1. The minimum atomic E-state index is -3.54. The summed E-state index contributed by atoms with van der Waals surface area (Å²) in [6.45, 7) is 5.99. The molecule has 1 amide bonds. The van der Waals surface area contributed by atoms with Gasteiger partial charge in [-0.15, -0.1) is 0 Å². The van der Waals surface area contributed by atoms with Gasteiger partial charge in [-0.05, 0) is 63.8 Å². The van der Waals surface area contributed by atoms with Gasteiger partial charge in [-0.3, -0.25) is 4.79 Å². The van der Waals surface area contributed by atoms with Gasteiger partial charge in [-0.1, -0.05) is 12.5 Å². The monoisotopic (exact) mass is 379 g/mol. The number of piperidine rings is 2. The number of carbonyl (C=O) groups is 1. The summed E-state index contributed by atoms with van der Waals surface area (Å²) in [7, 11) is -3.54. The van der Waals surface area contributed by atoms with Crippen LogP contribution in [0.2, 0.25) is 0 Å². The Kier molecular flexibility index (Phi) is 5.99. The minimum absolute atomic E-state index is 0.0676. The van der Waals surface area contributed by atoms with E-state index in [0.717, 1.165) is 44.2 Å². The summed E-state index contributed by atoms with van der Waals surface area (Å²) in [5, 5.41) is 6.44. The van der Waals surface area contributed by atoms with Crippen LogP contribution in [0.1, 0.15) is 54.9 Å². The van der Waals surface area contributed by atoms with E-state index in [1.54, 1.807) is 12.1 Å². The summed E-state index contributed by atoms with van der Waals surface area (Å²) in [5.41, 5.74) is 1.23. The van der Waals surface area contributed by atoms with Gasteiger partial charge in [-0.2, -0.15) is 4.31 Å². The first-order valence-electron chi connectivity index (χ1n) is 9.54. The molecule has 0 bridgehead atoms. The van der Waals surface area contributed by atoms with Crippen molar-refractivity contribution in [1.82, 2.24) is 14.9 Å². The summed E-state index contributed by atoms with van der Waals surface area (Å²) in [5.74, 6) is -0.196. The van der Waals surface area contributed by atoms with Crippen LogP contribution in [0.15, 0.2) is 23.1 Å². The van der Waals surface area contributed by atoms with E-state index < -0.39 is 10.0 Å². The number of amides is 1. The molecule has 2 unspecified atom stereocenters. The van der Waals surface area contributed by atoms with Gasteiger partial charge in [0.2, 0.25) is 10.0 Å². The van der Waals surface area contributed by atoms with Gasteiger partial charge in [-0.25, -0.2) is 8.42 Å². The lowest BCUT2D eigenvalue weighted by Crippen LogP contribution is -2.52. The molecule has 144 valence electrons. The molecule has 0 spiro atoms. The number of nitrogens with zero attached hydrogens (tertiary/aromatic N) is 1. The maximum absolute atomic E-state index is 12.9. The molecule has 6 nitrogen and oxygen atoms in total. The average Bonchev–Trinajstić information content (AvgIpc) is 2.64. The largest absolute Gasteiger partial charge is 0.348 e. The molecular formula is C19H29N3O3S. The maximum Gasteiger partial charge on any atom is 0.251 e. The van der Waals surface area contributed by atoms with Gasteiger partial charge in [0.1, 0.15) is 0 Å². The zero-order chi connectivity index (χ0) is 18.7. The van der Waals surface area contributed by atoms with Crippen LogP contribution < -0.4 is 10.6 Å². The molecule has 2 aliphatic heterocycles.